The van der Waals surface area contributed by atoms with Crippen molar-refractivity contribution in [3.05, 3.63) is 36.5 Å². The largest absolute Gasteiger partial charge is 0.394 e. The summed E-state index contributed by atoms with van der Waals surface area (Å²) in [4.78, 5) is 13.1. The van der Waals surface area contributed by atoms with Crippen LogP contribution in [0.3, 0.4) is 0 Å². The molecule has 7 atom stereocenters. The Kier molecular flexibility index (Phi) is 52.1. The number of allylic oxidation sites excluding steroid dienone is 6. The lowest BCUT2D eigenvalue weighted by Gasteiger charge is -2.40. The van der Waals surface area contributed by atoms with Crippen LogP contribution < -0.4 is 5.32 Å². The van der Waals surface area contributed by atoms with Crippen molar-refractivity contribution in [2.75, 3.05) is 13.2 Å². The number of carbonyl (C=O) groups excluding carboxylic acids is 1. The molecular formula is C65H123NO8. The molecule has 1 saturated heterocycles. The van der Waals surface area contributed by atoms with E-state index in [0.29, 0.717) is 12.8 Å². The van der Waals surface area contributed by atoms with E-state index in [1.807, 2.05) is 0 Å². The Balaban J connectivity index is 2.15. The minimum atomic E-state index is -1.55. The Hall–Kier alpha value is -1.59. The standard InChI is InChI=1S/C65H123NO8/c1-3-5-7-9-11-13-15-17-19-21-23-25-27-28-29-30-31-32-33-35-37-39-41-43-45-47-49-51-53-55-61(69)66-58(57-73-65-64(72)63(71)62(70)60(56-67)74-65)59(68)54-52-50-48-46-44-42-40-38-36-34-26-24-22-20-18-16-14-12-10-8-6-4-2/h15,17,21,23,27-28,58-60,62-65,67-68,70-72H,3-14,16,18-20,22,24-26,29-57H2,1-2H3,(H,66,69)/b17-15-,23-21-,28-27-. The predicted molar refractivity (Wildman–Crippen MR) is 313 cm³/mol. The van der Waals surface area contributed by atoms with E-state index in [9.17, 15) is 30.3 Å². The molecule has 6 N–H and O–H groups in total. The fraction of sp³-hybridized carbons (Fsp3) is 0.892. The van der Waals surface area contributed by atoms with E-state index in [4.69, 9.17) is 9.47 Å². The molecule has 0 aromatic rings. The van der Waals surface area contributed by atoms with Gasteiger partial charge in [0.2, 0.25) is 5.91 Å². The van der Waals surface area contributed by atoms with Crippen molar-refractivity contribution in [1.82, 2.24) is 5.32 Å². The number of nitrogens with one attached hydrogen (secondary N) is 1. The number of hydrogen-bond acceptors (Lipinski definition) is 8. The lowest BCUT2D eigenvalue weighted by atomic mass is 9.99. The molecule has 0 aromatic heterocycles. The molecule has 1 aliphatic rings. The SMILES string of the molecule is CCCCCCC/C=C\C/C=C\C/C=C\CCCCCCCCCCCCCCCCC(=O)NC(COC1OC(CO)C(O)C(O)C1O)C(O)CCCCCCCCCCCCCCCCCCCCCCCC. The average molecular weight is 1050 g/mol. The Bertz CT molecular complexity index is 1260. The van der Waals surface area contributed by atoms with Crippen LogP contribution >= 0.6 is 0 Å². The maximum Gasteiger partial charge on any atom is 0.220 e. The van der Waals surface area contributed by atoms with Crippen molar-refractivity contribution in [3.63, 3.8) is 0 Å². The molecule has 0 aliphatic carbocycles. The first-order chi connectivity index (χ1) is 36.3. The number of rotatable bonds is 56. The highest BCUT2D eigenvalue weighted by atomic mass is 16.7. The number of aliphatic hydroxyl groups is 5. The van der Waals surface area contributed by atoms with Crippen LogP contribution in [-0.4, -0.2) is 87.5 Å². The first kappa shape index (κ1) is 70.4. The third-order valence-electron chi connectivity index (χ3n) is 15.5. The van der Waals surface area contributed by atoms with E-state index >= 15 is 0 Å². The Morgan fingerprint density at radius 2 is 0.797 bits per heavy atom. The zero-order valence-corrected chi connectivity index (χ0v) is 48.6. The van der Waals surface area contributed by atoms with Gasteiger partial charge < -0.3 is 40.3 Å². The summed E-state index contributed by atoms with van der Waals surface area (Å²) in [6.07, 6.45) is 64.7. The van der Waals surface area contributed by atoms with E-state index < -0.39 is 49.5 Å². The van der Waals surface area contributed by atoms with Gasteiger partial charge in [-0.2, -0.15) is 0 Å². The topological polar surface area (TPSA) is 149 Å². The van der Waals surface area contributed by atoms with Gasteiger partial charge in [-0.1, -0.05) is 294 Å². The molecule has 0 saturated carbocycles. The van der Waals surface area contributed by atoms with Crippen LogP contribution in [0.2, 0.25) is 0 Å². The second-order valence-electron chi connectivity index (χ2n) is 22.6. The van der Waals surface area contributed by atoms with E-state index in [0.717, 1.165) is 51.4 Å². The normalized spacial score (nSPS) is 19.1. The lowest BCUT2D eigenvalue weighted by Crippen LogP contribution is -2.60. The number of aliphatic hydroxyl groups excluding tert-OH is 5. The van der Waals surface area contributed by atoms with Crippen molar-refractivity contribution >= 4 is 5.91 Å². The molecule has 74 heavy (non-hydrogen) atoms. The van der Waals surface area contributed by atoms with Crippen LogP contribution in [0, 0.1) is 0 Å². The Labute approximate surface area is 457 Å². The molecule has 7 unspecified atom stereocenters. The molecule has 9 nitrogen and oxygen atoms in total. The molecule has 436 valence electrons. The van der Waals surface area contributed by atoms with Crippen LogP contribution in [0.4, 0.5) is 0 Å². The van der Waals surface area contributed by atoms with E-state index in [2.05, 4.69) is 55.6 Å². The first-order valence-electron chi connectivity index (χ1n) is 32.2. The number of carbonyl (C=O) groups is 1. The van der Waals surface area contributed by atoms with Crippen LogP contribution in [0.15, 0.2) is 36.5 Å². The molecule has 0 radical (unpaired) electrons. The Morgan fingerprint density at radius 3 is 1.18 bits per heavy atom. The van der Waals surface area contributed by atoms with Crippen molar-refractivity contribution < 1.29 is 39.8 Å². The second-order valence-corrected chi connectivity index (χ2v) is 22.6. The maximum atomic E-state index is 13.1. The van der Waals surface area contributed by atoms with Gasteiger partial charge in [-0.05, 0) is 51.4 Å². The average Bonchev–Trinajstić information content (AvgIpc) is 3.40. The van der Waals surface area contributed by atoms with Crippen molar-refractivity contribution in [3.8, 4) is 0 Å². The predicted octanol–water partition coefficient (Wildman–Crippen LogP) is 16.7. The third kappa shape index (κ3) is 43.4. The molecule has 0 aromatic carbocycles. The molecular weight excluding hydrogens is 923 g/mol. The van der Waals surface area contributed by atoms with E-state index in [-0.39, 0.29) is 12.5 Å². The van der Waals surface area contributed by atoms with Crippen molar-refractivity contribution in [1.29, 1.82) is 0 Å². The van der Waals surface area contributed by atoms with Crippen molar-refractivity contribution in [2.45, 2.75) is 358 Å². The summed E-state index contributed by atoms with van der Waals surface area (Å²) in [5.41, 5.74) is 0. The molecule has 1 rings (SSSR count). The summed E-state index contributed by atoms with van der Waals surface area (Å²) < 4.78 is 11.4. The van der Waals surface area contributed by atoms with Crippen LogP contribution in [-0.2, 0) is 14.3 Å². The zero-order valence-electron chi connectivity index (χ0n) is 48.6. The van der Waals surface area contributed by atoms with Crippen molar-refractivity contribution in [2.24, 2.45) is 0 Å². The minimum absolute atomic E-state index is 0.136. The summed E-state index contributed by atoms with van der Waals surface area (Å²) in [5, 5.41) is 54.8. The minimum Gasteiger partial charge on any atom is -0.394 e. The first-order valence-corrected chi connectivity index (χ1v) is 32.2. The highest BCUT2D eigenvalue weighted by molar-refractivity contribution is 5.76. The molecule has 1 amide bonds. The van der Waals surface area contributed by atoms with E-state index in [1.54, 1.807) is 0 Å². The van der Waals surface area contributed by atoms with Gasteiger partial charge in [-0.15, -0.1) is 0 Å². The summed E-state index contributed by atoms with van der Waals surface area (Å²) in [6, 6.07) is -0.720. The highest BCUT2D eigenvalue weighted by Gasteiger charge is 2.44. The molecule has 0 spiro atoms. The fourth-order valence-corrected chi connectivity index (χ4v) is 10.4. The van der Waals surface area contributed by atoms with Gasteiger partial charge in [0.05, 0.1) is 25.4 Å². The van der Waals surface area contributed by atoms with Crippen LogP contribution in [0.5, 0.6) is 0 Å². The lowest BCUT2D eigenvalue weighted by molar-refractivity contribution is -0.302. The maximum absolute atomic E-state index is 13.1. The van der Waals surface area contributed by atoms with Gasteiger partial charge in [0, 0.05) is 6.42 Å². The van der Waals surface area contributed by atoms with Gasteiger partial charge in [-0.25, -0.2) is 0 Å². The zero-order chi connectivity index (χ0) is 53.6. The quantitative estimate of drug-likeness (QED) is 0.0261. The third-order valence-corrected chi connectivity index (χ3v) is 15.5. The number of hydrogen-bond donors (Lipinski definition) is 6. The van der Waals surface area contributed by atoms with Crippen LogP contribution in [0.25, 0.3) is 0 Å². The monoisotopic (exact) mass is 1050 g/mol. The fourth-order valence-electron chi connectivity index (χ4n) is 10.4. The Morgan fingerprint density at radius 1 is 0.459 bits per heavy atom. The number of amides is 1. The number of unbranched alkanes of at least 4 members (excludes halogenated alkanes) is 40. The summed E-state index contributed by atoms with van der Waals surface area (Å²) in [6.45, 7) is 3.87. The molecule has 9 heteroatoms. The molecule has 1 heterocycles. The highest BCUT2D eigenvalue weighted by Crippen LogP contribution is 2.23. The molecule has 1 aliphatic heterocycles. The summed E-state index contributed by atoms with van der Waals surface area (Å²) in [7, 11) is 0. The molecule has 0 bridgehead atoms. The van der Waals surface area contributed by atoms with E-state index in [1.165, 1.54) is 238 Å². The second kappa shape index (κ2) is 54.8. The van der Waals surface area contributed by atoms with Gasteiger partial charge in [0.15, 0.2) is 6.29 Å². The number of ether oxygens (including phenoxy) is 2. The van der Waals surface area contributed by atoms with Gasteiger partial charge >= 0.3 is 0 Å². The van der Waals surface area contributed by atoms with Gasteiger partial charge in [0.1, 0.15) is 24.4 Å². The summed E-state index contributed by atoms with van der Waals surface area (Å²) in [5.74, 6) is -0.141. The van der Waals surface area contributed by atoms with Gasteiger partial charge in [-0.3, -0.25) is 4.79 Å². The smallest absolute Gasteiger partial charge is 0.220 e. The summed E-state index contributed by atoms with van der Waals surface area (Å²) >= 11 is 0. The van der Waals surface area contributed by atoms with Gasteiger partial charge in [0.25, 0.3) is 0 Å². The molecule has 1 fully saturated rings. The van der Waals surface area contributed by atoms with Crippen LogP contribution in [0.1, 0.15) is 316 Å².